The van der Waals surface area contributed by atoms with Crippen LogP contribution in [-0.2, 0) is 9.53 Å². The van der Waals surface area contributed by atoms with E-state index in [2.05, 4.69) is 31.2 Å². The van der Waals surface area contributed by atoms with Crippen molar-refractivity contribution in [3.05, 3.63) is 71.0 Å². The molecule has 1 amide bonds. The highest BCUT2D eigenvalue weighted by Crippen LogP contribution is 2.18. The number of rotatable bonds is 6. The molecule has 2 aromatic carbocycles. The molecule has 0 bridgehead atoms. The lowest BCUT2D eigenvalue weighted by Gasteiger charge is -2.16. The van der Waals surface area contributed by atoms with Gasteiger partial charge in [-0.3, -0.25) is 4.79 Å². The standard InChI is InChI=1S/C20H18BrN3O3/c1-2-17(19(25)24-16-9-7-15(21)8-10-16)27-20(26)14-5-3-13(4-6-14)18-22-11-12-23-18/h3-12,17H,2H2,1H3,(H,22,23)(H,24,25). The largest absolute Gasteiger partial charge is 0.449 e. The van der Waals surface area contributed by atoms with Crippen molar-refractivity contribution in [3.8, 4) is 11.4 Å². The number of carbonyl (C=O) groups is 2. The molecule has 6 nitrogen and oxygen atoms in total. The Labute approximate surface area is 165 Å². The molecule has 7 heteroatoms. The third-order valence-corrected chi connectivity index (χ3v) is 4.45. The Kier molecular flexibility index (Phi) is 6.03. The Morgan fingerprint density at radius 1 is 1.15 bits per heavy atom. The highest BCUT2D eigenvalue weighted by Gasteiger charge is 2.22. The molecular formula is C20H18BrN3O3. The molecule has 3 aromatic rings. The Bertz CT molecular complexity index is 907. The zero-order valence-electron chi connectivity index (χ0n) is 14.6. The maximum absolute atomic E-state index is 12.4. The Hall–Kier alpha value is -2.93. The molecule has 0 aliphatic carbocycles. The third-order valence-electron chi connectivity index (χ3n) is 3.92. The summed E-state index contributed by atoms with van der Waals surface area (Å²) in [6.07, 6.45) is 2.89. The fourth-order valence-electron chi connectivity index (χ4n) is 2.46. The average Bonchev–Trinajstić information content (AvgIpc) is 3.22. The zero-order chi connectivity index (χ0) is 19.2. The molecule has 0 aliphatic rings. The van der Waals surface area contributed by atoms with Crippen molar-refractivity contribution in [3.63, 3.8) is 0 Å². The Morgan fingerprint density at radius 2 is 1.85 bits per heavy atom. The second-order valence-corrected chi connectivity index (χ2v) is 6.73. The van der Waals surface area contributed by atoms with Gasteiger partial charge in [-0.15, -0.1) is 0 Å². The molecule has 3 rings (SSSR count). The Balaban J connectivity index is 1.63. The molecule has 27 heavy (non-hydrogen) atoms. The van der Waals surface area contributed by atoms with Crippen LogP contribution in [0.5, 0.6) is 0 Å². The number of aromatic amines is 1. The number of carbonyl (C=O) groups excluding carboxylic acids is 2. The van der Waals surface area contributed by atoms with Crippen LogP contribution in [-0.4, -0.2) is 27.9 Å². The van der Waals surface area contributed by atoms with E-state index in [0.717, 1.165) is 15.9 Å². The number of esters is 1. The second kappa shape index (κ2) is 8.64. The van der Waals surface area contributed by atoms with Gasteiger partial charge in [0.25, 0.3) is 5.91 Å². The third kappa shape index (κ3) is 4.83. The van der Waals surface area contributed by atoms with E-state index in [1.165, 1.54) is 0 Å². The molecule has 138 valence electrons. The monoisotopic (exact) mass is 427 g/mol. The maximum Gasteiger partial charge on any atom is 0.338 e. The van der Waals surface area contributed by atoms with Gasteiger partial charge in [0.05, 0.1) is 5.56 Å². The van der Waals surface area contributed by atoms with Crippen LogP contribution in [0.3, 0.4) is 0 Å². The van der Waals surface area contributed by atoms with Crippen LogP contribution >= 0.6 is 15.9 Å². The smallest absolute Gasteiger partial charge is 0.338 e. The molecule has 0 fully saturated rings. The molecule has 2 N–H and O–H groups in total. The number of H-pyrrole nitrogens is 1. The second-order valence-electron chi connectivity index (χ2n) is 5.81. The minimum Gasteiger partial charge on any atom is -0.449 e. The molecule has 0 saturated heterocycles. The number of imidazole rings is 1. The predicted octanol–water partition coefficient (Wildman–Crippen LogP) is 4.41. The number of nitrogens with zero attached hydrogens (tertiary/aromatic N) is 1. The van der Waals surface area contributed by atoms with E-state index in [4.69, 9.17) is 4.74 Å². The lowest BCUT2D eigenvalue weighted by molar-refractivity contribution is -0.124. The lowest BCUT2D eigenvalue weighted by atomic mass is 10.1. The highest BCUT2D eigenvalue weighted by atomic mass is 79.9. The van der Waals surface area contributed by atoms with Gasteiger partial charge >= 0.3 is 5.97 Å². The fourth-order valence-corrected chi connectivity index (χ4v) is 2.73. The molecule has 1 aromatic heterocycles. The first kappa shape index (κ1) is 18.8. The van der Waals surface area contributed by atoms with Gasteiger partial charge in [-0.25, -0.2) is 9.78 Å². The van der Waals surface area contributed by atoms with Crippen molar-refractivity contribution in [1.29, 1.82) is 0 Å². The van der Waals surface area contributed by atoms with Crippen molar-refractivity contribution in [2.45, 2.75) is 19.4 Å². The Morgan fingerprint density at radius 3 is 2.44 bits per heavy atom. The minimum absolute atomic E-state index is 0.361. The molecule has 1 atom stereocenters. The summed E-state index contributed by atoms with van der Waals surface area (Å²) in [6, 6.07) is 14.0. The molecular weight excluding hydrogens is 410 g/mol. The minimum atomic E-state index is -0.870. The SMILES string of the molecule is CCC(OC(=O)c1ccc(-c2ncc[nH]2)cc1)C(=O)Nc1ccc(Br)cc1. The van der Waals surface area contributed by atoms with Crippen LogP contribution in [0.15, 0.2) is 65.4 Å². The molecule has 0 aliphatic heterocycles. The van der Waals surface area contributed by atoms with E-state index in [1.54, 1.807) is 55.7 Å². The summed E-state index contributed by atoms with van der Waals surface area (Å²) in [4.78, 5) is 31.9. The highest BCUT2D eigenvalue weighted by molar-refractivity contribution is 9.10. The summed E-state index contributed by atoms with van der Waals surface area (Å²) in [6.45, 7) is 1.79. The summed E-state index contributed by atoms with van der Waals surface area (Å²) >= 11 is 3.34. The van der Waals surface area contributed by atoms with E-state index in [1.807, 2.05) is 12.1 Å². The van der Waals surface area contributed by atoms with Gasteiger partial charge in [-0.2, -0.15) is 0 Å². The van der Waals surface area contributed by atoms with Crippen molar-refractivity contribution in [2.75, 3.05) is 5.32 Å². The average molecular weight is 428 g/mol. The number of aromatic nitrogens is 2. The first-order chi connectivity index (χ1) is 13.1. The summed E-state index contributed by atoms with van der Waals surface area (Å²) in [7, 11) is 0. The van der Waals surface area contributed by atoms with Crippen molar-refractivity contribution >= 4 is 33.5 Å². The molecule has 0 saturated carbocycles. The maximum atomic E-state index is 12.4. The van der Waals surface area contributed by atoms with Crippen molar-refractivity contribution in [2.24, 2.45) is 0 Å². The molecule has 1 unspecified atom stereocenters. The van der Waals surface area contributed by atoms with Gasteiger partial charge in [0.15, 0.2) is 6.10 Å². The van der Waals surface area contributed by atoms with Gasteiger partial charge in [0, 0.05) is 28.1 Å². The number of ether oxygens (including phenoxy) is 1. The predicted molar refractivity (Wildman–Crippen MR) is 106 cm³/mol. The number of benzene rings is 2. The molecule has 0 spiro atoms. The summed E-state index contributed by atoms with van der Waals surface area (Å²) < 4.78 is 6.30. The van der Waals surface area contributed by atoms with Crippen LogP contribution in [0.1, 0.15) is 23.7 Å². The topological polar surface area (TPSA) is 84.1 Å². The summed E-state index contributed by atoms with van der Waals surface area (Å²) in [5.41, 5.74) is 1.87. The lowest BCUT2D eigenvalue weighted by Crippen LogP contribution is -2.32. The van der Waals surface area contributed by atoms with E-state index < -0.39 is 12.1 Å². The number of nitrogens with one attached hydrogen (secondary N) is 2. The van der Waals surface area contributed by atoms with Crippen LogP contribution in [0, 0.1) is 0 Å². The van der Waals surface area contributed by atoms with Gasteiger partial charge in [0.2, 0.25) is 0 Å². The summed E-state index contributed by atoms with van der Waals surface area (Å²) in [5, 5.41) is 2.76. The number of hydrogen-bond acceptors (Lipinski definition) is 4. The molecule has 0 radical (unpaired) electrons. The molecule has 1 heterocycles. The summed E-state index contributed by atoms with van der Waals surface area (Å²) in [5.74, 6) is -0.186. The van der Waals surface area contributed by atoms with Gasteiger partial charge in [0.1, 0.15) is 5.82 Å². The van der Waals surface area contributed by atoms with E-state index >= 15 is 0 Å². The van der Waals surface area contributed by atoms with Crippen molar-refractivity contribution < 1.29 is 14.3 Å². The first-order valence-corrected chi connectivity index (χ1v) is 9.23. The number of hydrogen-bond donors (Lipinski definition) is 2. The van der Waals surface area contributed by atoms with Gasteiger partial charge in [-0.05, 0) is 42.8 Å². The fraction of sp³-hybridized carbons (Fsp3) is 0.150. The zero-order valence-corrected chi connectivity index (χ0v) is 16.2. The van der Waals surface area contributed by atoms with E-state index in [0.29, 0.717) is 17.7 Å². The quantitative estimate of drug-likeness (QED) is 0.570. The van der Waals surface area contributed by atoms with E-state index in [-0.39, 0.29) is 5.91 Å². The number of anilines is 1. The van der Waals surface area contributed by atoms with Gasteiger partial charge in [-0.1, -0.05) is 35.0 Å². The van der Waals surface area contributed by atoms with Gasteiger partial charge < -0.3 is 15.0 Å². The van der Waals surface area contributed by atoms with Crippen LogP contribution in [0.25, 0.3) is 11.4 Å². The normalized spacial score (nSPS) is 11.6. The first-order valence-electron chi connectivity index (χ1n) is 8.44. The number of amides is 1. The number of halogens is 1. The van der Waals surface area contributed by atoms with Crippen LogP contribution in [0.2, 0.25) is 0 Å². The van der Waals surface area contributed by atoms with Crippen LogP contribution < -0.4 is 5.32 Å². The van der Waals surface area contributed by atoms with E-state index in [9.17, 15) is 9.59 Å². The van der Waals surface area contributed by atoms with Crippen molar-refractivity contribution in [1.82, 2.24) is 9.97 Å². The van der Waals surface area contributed by atoms with Crippen LogP contribution in [0.4, 0.5) is 5.69 Å².